The molecule has 1 saturated heterocycles. The number of nitrogens with zero attached hydrogens (tertiary/aromatic N) is 3. The van der Waals surface area contributed by atoms with Crippen LogP contribution in [0.1, 0.15) is 43.7 Å². The zero-order chi connectivity index (χ0) is 36.0. The predicted molar refractivity (Wildman–Crippen MR) is 187 cm³/mol. The van der Waals surface area contributed by atoms with Gasteiger partial charge in [0.25, 0.3) is 11.8 Å². The number of carbonyl (C=O) groups is 5. The summed E-state index contributed by atoms with van der Waals surface area (Å²) in [5.41, 5.74) is 0.127. The summed E-state index contributed by atoms with van der Waals surface area (Å²) in [6.07, 6.45) is 1.31. The van der Waals surface area contributed by atoms with Crippen molar-refractivity contribution in [1.29, 1.82) is 0 Å². The fraction of sp³-hybridized carbons (Fsp3) is 0.303. The molecule has 2 aliphatic heterocycles. The summed E-state index contributed by atoms with van der Waals surface area (Å²) in [7, 11) is -1.72. The number of oxime groups is 1. The van der Waals surface area contributed by atoms with Gasteiger partial charge in [0.1, 0.15) is 28.4 Å². The van der Waals surface area contributed by atoms with E-state index in [1.165, 1.54) is 17.1 Å². The number of thioether (sulfide) groups is 1. The Morgan fingerprint density at radius 1 is 1.12 bits per heavy atom. The van der Waals surface area contributed by atoms with E-state index in [1.807, 2.05) is 60.7 Å². The molecular weight excluding hydrogens is 707 g/mol. The van der Waals surface area contributed by atoms with E-state index >= 15 is 0 Å². The van der Waals surface area contributed by atoms with Crippen LogP contribution in [0.4, 0.5) is 5.13 Å². The first-order valence-corrected chi connectivity index (χ1v) is 18.6. The monoisotopic (exact) mass is 739 g/mol. The molecule has 2 N–H and O–H groups in total. The summed E-state index contributed by atoms with van der Waals surface area (Å²) in [4.78, 5) is 75.1. The van der Waals surface area contributed by atoms with Crippen LogP contribution in [0.5, 0.6) is 0 Å². The van der Waals surface area contributed by atoms with Crippen LogP contribution in [-0.4, -0.2) is 85.6 Å². The van der Waals surface area contributed by atoms with Crippen molar-refractivity contribution < 1.29 is 42.5 Å². The second kappa shape index (κ2) is 15.8. The molecule has 0 radical (unpaired) electrons. The van der Waals surface area contributed by atoms with E-state index in [2.05, 4.69) is 20.8 Å². The summed E-state index contributed by atoms with van der Waals surface area (Å²) in [6.45, 7) is 4.38. The third-order valence-corrected chi connectivity index (χ3v) is 10.5. The number of nitrogens with one attached hydrogen (secondary N) is 2. The van der Waals surface area contributed by atoms with Crippen LogP contribution in [0.2, 0.25) is 0 Å². The molecule has 2 aliphatic rings. The number of esters is 2. The van der Waals surface area contributed by atoms with Crippen molar-refractivity contribution in [2.75, 3.05) is 23.9 Å². The minimum Gasteiger partial charge on any atom is -0.457 e. The number of thiazole rings is 1. The number of benzene rings is 2. The van der Waals surface area contributed by atoms with Gasteiger partial charge < -0.3 is 24.9 Å². The van der Waals surface area contributed by atoms with Gasteiger partial charge in [0.05, 0.1) is 16.6 Å². The zero-order valence-electron chi connectivity index (χ0n) is 27.3. The Hall–Kier alpha value is -4.87. The molecule has 17 heteroatoms. The second-order valence-corrected chi connectivity index (χ2v) is 15.0. The van der Waals surface area contributed by atoms with Gasteiger partial charge in [-0.05, 0) is 38.2 Å². The summed E-state index contributed by atoms with van der Waals surface area (Å²) >= 11 is 2.17. The maximum atomic E-state index is 13.9. The van der Waals surface area contributed by atoms with Crippen molar-refractivity contribution in [1.82, 2.24) is 15.2 Å². The fourth-order valence-electron chi connectivity index (χ4n) is 5.07. The number of aromatic nitrogens is 1. The largest absolute Gasteiger partial charge is 0.457 e. The quantitative estimate of drug-likeness (QED) is 0.0864. The minimum atomic E-state index is -1.72. The van der Waals surface area contributed by atoms with Gasteiger partial charge in [-0.1, -0.05) is 65.8 Å². The Morgan fingerprint density at radius 2 is 1.76 bits per heavy atom. The lowest BCUT2D eigenvalue weighted by Crippen LogP contribution is -2.74. The molecule has 0 bridgehead atoms. The lowest BCUT2D eigenvalue weighted by Gasteiger charge is -2.49. The molecule has 3 heterocycles. The maximum Gasteiger partial charge on any atom is 0.356 e. The summed E-state index contributed by atoms with van der Waals surface area (Å²) < 4.78 is 24.7. The van der Waals surface area contributed by atoms with Crippen LogP contribution in [0.15, 0.2) is 81.8 Å². The molecule has 50 heavy (non-hydrogen) atoms. The van der Waals surface area contributed by atoms with E-state index in [0.717, 1.165) is 16.2 Å². The molecule has 14 nitrogen and oxygen atoms in total. The van der Waals surface area contributed by atoms with Crippen molar-refractivity contribution in [2.24, 2.45) is 5.16 Å². The molecule has 0 saturated carbocycles. The van der Waals surface area contributed by atoms with Crippen molar-refractivity contribution in [3.63, 3.8) is 0 Å². The van der Waals surface area contributed by atoms with Gasteiger partial charge in [0, 0.05) is 10.3 Å². The fourth-order valence-corrected chi connectivity index (χ4v) is 8.42. The van der Waals surface area contributed by atoms with E-state index in [-0.39, 0.29) is 22.3 Å². The number of rotatable bonds is 13. The third-order valence-electron chi connectivity index (χ3n) is 7.15. The number of anilines is 1. The molecule has 0 aliphatic carbocycles. The first kappa shape index (κ1) is 36.4. The average molecular weight is 740 g/mol. The van der Waals surface area contributed by atoms with E-state index < -0.39 is 70.0 Å². The molecule has 1 fully saturated rings. The zero-order valence-corrected chi connectivity index (χ0v) is 29.8. The highest BCUT2D eigenvalue weighted by atomic mass is 32.2. The number of ether oxygens (including phenoxy) is 2. The molecule has 2 unspecified atom stereocenters. The van der Waals surface area contributed by atoms with Crippen LogP contribution in [-0.2, 0) is 49.1 Å². The standard InChI is InChI=1S/C33H33N5O9S3/c1-33(2,3)47-23(40)15-45-37-24(21-16-49-32(35-21)34-18-39)28(41)36-25-29(42)38-26(22(48-4)17-50(44)30(25)38)31(43)46-27(19-11-7-5-8-12-19)20-13-9-6-10-14-20/h5-14,16,18,25,27,30H,15,17H2,1-4H3,(H,36,41)(H,34,35,39)/t25?,30-,50?/m0/s1. The number of fused-ring (bicyclic) bond motifs is 1. The van der Waals surface area contributed by atoms with E-state index in [4.69, 9.17) is 14.3 Å². The highest BCUT2D eigenvalue weighted by molar-refractivity contribution is 8.03. The van der Waals surface area contributed by atoms with Gasteiger partial charge in [0.2, 0.25) is 13.0 Å². The van der Waals surface area contributed by atoms with Crippen molar-refractivity contribution in [3.8, 4) is 0 Å². The van der Waals surface area contributed by atoms with Gasteiger partial charge in [-0.2, -0.15) is 0 Å². The summed E-state index contributed by atoms with van der Waals surface area (Å²) in [6, 6.07) is 17.0. The number of β-lactam (4-membered cyclic amide) rings is 1. The van der Waals surface area contributed by atoms with Gasteiger partial charge in [0.15, 0.2) is 16.9 Å². The molecule has 1 aromatic heterocycles. The van der Waals surface area contributed by atoms with Crippen molar-refractivity contribution in [2.45, 2.75) is 43.9 Å². The number of hydrogen-bond acceptors (Lipinski definition) is 13. The first-order chi connectivity index (χ1) is 23.9. The SMILES string of the molecule is CSC1=C(C(=O)OC(c2ccccc2)c2ccccc2)N2C(=O)C(NC(=O)C(=NOCC(=O)OC(C)(C)C)c3csc(NC=O)n3)[C@@H]2S(=O)C1. The predicted octanol–water partition coefficient (Wildman–Crippen LogP) is 3.10. The van der Waals surface area contributed by atoms with Crippen LogP contribution in [0.25, 0.3) is 0 Å². The van der Waals surface area contributed by atoms with Gasteiger partial charge in [-0.25, -0.2) is 14.6 Å². The number of hydrogen-bond donors (Lipinski definition) is 2. The highest BCUT2D eigenvalue weighted by Crippen LogP contribution is 2.39. The topological polar surface area (TPSA) is 183 Å². The van der Waals surface area contributed by atoms with E-state index in [0.29, 0.717) is 22.4 Å². The second-order valence-electron chi connectivity index (χ2n) is 11.8. The molecule has 262 valence electrons. The molecular formula is C33H33N5O9S3. The smallest absolute Gasteiger partial charge is 0.356 e. The molecule has 5 rings (SSSR count). The van der Waals surface area contributed by atoms with Gasteiger partial charge in [-0.3, -0.25) is 23.5 Å². The lowest BCUT2D eigenvalue weighted by atomic mass is 10.0. The molecule has 3 aromatic rings. The average Bonchev–Trinajstić information content (AvgIpc) is 3.55. The van der Waals surface area contributed by atoms with Crippen LogP contribution in [0.3, 0.4) is 0 Å². The van der Waals surface area contributed by atoms with Crippen LogP contribution < -0.4 is 10.6 Å². The lowest BCUT2D eigenvalue weighted by molar-refractivity contribution is -0.160. The number of amides is 3. The van der Waals surface area contributed by atoms with Crippen LogP contribution in [0, 0.1) is 0 Å². The molecule has 2 aromatic carbocycles. The Kier molecular flexibility index (Phi) is 11.5. The van der Waals surface area contributed by atoms with E-state index in [9.17, 15) is 28.2 Å². The van der Waals surface area contributed by atoms with Gasteiger partial charge >= 0.3 is 11.9 Å². The van der Waals surface area contributed by atoms with Crippen LogP contribution >= 0.6 is 23.1 Å². The Labute approximate surface area is 298 Å². The van der Waals surface area contributed by atoms with Gasteiger partial charge in [-0.15, -0.1) is 23.1 Å². The Bertz CT molecular complexity index is 1820. The third kappa shape index (κ3) is 8.28. The number of carbonyl (C=O) groups excluding carboxylic acids is 5. The summed E-state index contributed by atoms with van der Waals surface area (Å²) in [5, 5.41) is 9.16. The van der Waals surface area contributed by atoms with Crippen molar-refractivity contribution >= 4 is 74.9 Å². The molecule has 0 spiro atoms. The molecule has 3 amide bonds. The first-order valence-electron chi connectivity index (χ1n) is 15.1. The highest BCUT2D eigenvalue weighted by Gasteiger charge is 2.58. The van der Waals surface area contributed by atoms with Crippen molar-refractivity contribution in [3.05, 3.63) is 93.5 Å². The Morgan fingerprint density at radius 3 is 2.34 bits per heavy atom. The maximum absolute atomic E-state index is 13.9. The molecule has 3 atom stereocenters. The van der Waals surface area contributed by atoms with E-state index in [1.54, 1.807) is 27.0 Å². The minimum absolute atomic E-state index is 0.0314. The normalized spacial score (nSPS) is 18.9. The summed E-state index contributed by atoms with van der Waals surface area (Å²) in [5.74, 6) is -3.23. The Balaban J connectivity index is 1.38.